The van der Waals surface area contributed by atoms with Crippen LogP contribution in [0, 0.1) is 0 Å². The first kappa shape index (κ1) is 12.6. The predicted octanol–water partition coefficient (Wildman–Crippen LogP) is 3.56. The molecule has 1 aromatic rings. The molecule has 0 bridgehead atoms. The van der Waals surface area contributed by atoms with Crippen LogP contribution in [0.3, 0.4) is 0 Å². The van der Waals surface area contributed by atoms with Gasteiger partial charge in [-0.25, -0.2) is 4.79 Å². The minimum absolute atomic E-state index is 0.398. The summed E-state index contributed by atoms with van der Waals surface area (Å²) in [6.45, 7) is 4.43. The van der Waals surface area contributed by atoms with Crippen LogP contribution in [0.25, 0.3) is 0 Å². The van der Waals surface area contributed by atoms with Crippen LogP contribution < -0.4 is 4.74 Å². The second-order valence-electron chi connectivity index (χ2n) is 3.56. The van der Waals surface area contributed by atoms with E-state index in [0.717, 1.165) is 24.8 Å². The molecular formula is C13H18O3. The van der Waals surface area contributed by atoms with Crippen LogP contribution in [0.5, 0.6) is 5.75 Å². The number of para-hydroxylation sites is 1. The van der Waals surface area contributed by atoms with Gasteiger partial charge in [0.2, 0.25) is 0 Å². The zero-order valence-corrected chi connectivity index (χ0v) is 9.86. The van der Waals surface area contributed by atoms with Gasteiger partial charge in [-0.3, -0.25) is 0 Å². The molecule has 0 spiro atoms. The minimum atomic E-state index is -0.620. The lowest BCUT2D eigenvalue weighted by atomic mass is 10.1. The largest absolute Gasteiger partial charge is 0.513 e. The molecule has 0 amide bonds. The van der Waals surface area contributed by atoms with E-state index < -0.39 is 6.16 Å². The standard InChI is InChI=1S/C13H18O3/c1-3-7-11-8-5-6-9-12(11)16-13(14)15-10-4-2/h5-6,8-9H,3-4,7,10H2,1-2H3. The van der Waals surface area contributed by atoms with Gasteiger partial charge in [-0.1, -0.05) is 38.5 Å². The molecule has 0 saturated heterocycles. The second kappa shape index (κ2) is 6.88. The molecule has 0 saturated carbocycles. The number of carbonyl (C=O) groups excluding carboxylic acids is 1. The van der Waals surface area contributed by atoms with Crippen LogP contribution in [0.1, 0.15) is 32.3 Å². The topological polar surface area (TPSA) is 35.5 Å². The second-order valence-corrected chi connectivity index (χ2v) is 3.56. The minimum Gasteiger partial charge on any atom is -0.434 e. The summed E-state index contributed by atoms with van der Waals surface area (Å²) in [7, 11) is 0. The maximum atomic E-state index is 11.3. The lowest BCUT2D eigenvalue weighted by molar-refractivity contribution is 0.0988. The van der Waals surface area contributed by atoms with Crippen LogP contribution >= 0.6 is 0 Å². The Morgan fingerprint density at radius 3 is 2.62 bits per heavy atom. The SMILES string of the molecule is CCCOC(=O)Oc1ccccc1CCC. The summed E-state index contributed by atoms with van der Waals surface area (Å²) >= 11 is 0. The highest BCUT2D eigenvalue weighted by Gasteiger charge is 2.08. The van der Waals surface area contributed by atoms with E-state index in [2.05, 4.69) is 6.92 Å². The number of carbonyl (C=O) groups is 1. The molecule has 0 atom stereocenters. The summed E-state index contributed by atoms with van der Waals surface area (Å²) in [6.07, 6.45) is 2.10. The Morgan fingerprint density at radius 2 is 1.94 bits per heavy atom. The molecule has 0 N–H and O–H groups in total. The maximum absolute atomic E-state index is 11.3. The number of benzene rings is 1. The summed E-state index contributed by atoms with van der Waals surface area (Å²) in [6, 6.07) is 7.54. The third kappa shape index (κ3) is 3.93. The Hall–Kier alpha value is -1.51. The van der Waals surface area contributed by atoms with Gasteiger partial charge < -0.3 is 9.47 Å². The summed E-state index contributed by atoms with van der Waals surface area (Å²) in [5, 5.41) is 0. The van der Waals surface area contributed by atoms with Crippen molar-refractivity contribution in [1.82, 2.24) is 0 Å². The smallest absolute Gasteiger partial charge is 0.434 e. The van der Waals surface area contributed by atoms with Gasteiger partial charge in [-0.05, 0) is 24.5 Å². The van der Waals surface area contributed by atoms with Crippen molar-refractivity contribution in [3.63, 3.8) is 0 Å². The lowest BCUT2D eigenvalue weighted by Crippen LogP contribution is -2.12. The summed E-state index contributed by atoms with van der Waals surface area (Å²) in [5.74, 6) is 0.602. The molecule has 1 rings (SSSR count). The van der Waals surface area contributed by atoms with Crippen molar-refractivity contribution < 1.29 is 14.3 Å². The molecule has 0 unspecified atom stereocenters. The molecule has 0 fully saturated rings. The Bertz CT molecular complexity index is 334. The molecule has 0 aliphatic heterocycles. The zero-order valence-electron chi connectivity index (χ0n) is 9.86. The Kier molecular flexibility index (Phi) is 5.40. The van der Waals surface area contributed by atoms with Gasteiger partial charge in [-0.2, -0.15) is 0 Å². The molecule has 0 heterocycles. The van der Waals surface area contributed by atoms with Gasteiger partial charge in [0.25, 0.3) is 0 Å². The summed E-state index contributed by atoms with van der Waals surface area (Å²) in [5.41, 5.74) is 1.04. The van der Waals surface area contributed by atoms with E-state index in [1.165, 1.54) is 0 Å². The first-order valence-corrected chi connectivity index (χ1v) is 5.70. The van der Waals surface area contributed by atoms with Crippen molar-refractivity contribution in [2.24, 2.45) is 0 Å². The number of aryl methyl sites for hydroxylation is 1. The Labute approximate surface area is 96.4 Å². The average molecular weight is 222 g/mol. The van der Waals surface area contributed by atoms with E-state index in [0.29, 0.717) is 12.4 Å². The molecule has 3 nitrogen and oxygen atoms in total. The van der Waals surface area contributed by atoms with E-state index >= 15 is 0 Å². The number of ether oxygens (including phenoxy) is 2. The van der Waals surface area contributed by atoms with Gasteiger partial charge in [0.1, 0.15) is 5.75 Å². The normalized spacial score (nSPS) is 9.88. The molecule has 16 heavy (non-hydrogen) atoms. The van der Waals surface area contributed by atoms with Crippen molar-refractivity contribution >= 4 is 6.16 Å². The van der Waals surface area contributed by atoms with Crippen molar-refractivity contribution in [1.29, 1.82) is 0 Å². The molecule has 88 valence electrons. The van der Waals surface area contributed by atoms with Gasteiger partial charge >= 0.3 is 6.16 Å². The first-order chi connectivity index (χ1) is 7.77. The Morgan fingerprint density at radius 1 is 1.19 bits per heavy atom. The van der Waals surface area contributed by atoms with Gasteiger partial charge in [0, 0.05) is 0 Å². The lowest BCUT2D eigenvalue weighted by Gasteiger charge is -2.08. The van der Waals surface area contributed by atoms with E-state index in [4.69, 9.17) is 9.47 Å². The monoisotopic (exact) mass is 222 g/mol. The van der Waals surface area contributed by atoms with Crippen molar-refractivity contribution in [3.05, 3.63) is 29.8 Å². The number of hydrogen-bond acceptors (Lipinski definition) is 3. The van der Waals surface area contributed by atoms with Gasteiger partial charge in [0.15, 0.2) is 0 Å². The number of rotatable bonds is 5. The molecule has 0 aliphatic rings. The fourth-order valence-corrected chi connectivity index (χ4v) is 1.38. The van der Waals surface area contributed by atoms with E-state index in [-0.39, 0.29) is 0 Å². The van der Waals surface area contributed by atoms with Crippen LogP contribution in [-0.2, 0) is 11.2 Å². The highest BCUT2D eigenvalue weighted by atomic mass is 16.7. The van der Waals surface area contributed by atoms with Crippen molar-refractivity contribution in [2.75, 3.05) is 6.61 Å². The van der Waals surface area contributed by atoms with Gasteiger partial charge in [0.05, 0.1) is 6.61 Å². The van der Waals surface area contributed by atoms with E-state index in [9.17, 15) is 4.79 Å². The summed E-state index contributed by atoms with van der Waals surface area (Å²) < 4.78 is 10.0. The highest BCUT2D eigenvalue weighted by molar-refractivity contribution is 5.64. The molecular weight excluding hydrogens is 204 g/mol. The van der Waals surface area contributed by atoms with Crippen LogP contribution in [0.15, 0.2) is 24.3 Å². The fourth-order valence-electron chi connectivity index (χ4n) is 1.38. The zero-order chi connectivity index (χ0) is 11.8. The van der Waals surface area contributed by atoms with Crippen LogP contribution in [0.2, 0.25) is 0 Å². The average Bonchev–Trinajstić information content (AvgIpc) is 2.29. The third-order valence-corrected chi connectivity index (χ3v) is 2.11. The Balaban J connectivity index is 2.61. The quantitative estimate of drug-likeness (QED) is 0.564. The molecule has 0 aromatic heterocycles. The highest BCUT2D eigenvalue weighted by Crippen LogP contribution is 2.19. The maximum Gasteiger partial charge on any atom is 0.513 e. The van der Waals surface area contributed by atoms with E-state index in [1.807, 2.05) is 25.1 Å². The number of hydrogen-bond donors (Lipinski definition) is 0. The van der Waals surface area contributed by atoms with E-state index in [1.54, 1.807) is 6.07 Å². The van der Waals surface area contributed by atoms with Crippen LogP contribution in [0.4, 0.5) is 4.79 Å². The fraction of sp³-hybridized carbons (Fsp3) is 0.462. The third-order valence-electron chi connectivity index (χ3n) is 2.11. The molecule has 1 aromatic carbocycles. The van der Waals surface area contributed by atoms with Crippen molar-refractivity contribution in [3.8, 4) is 5.75 Å². The predicted molar refractivity (Wildman–Crippen MR) is 62.7 cm³/mol. The van der Waals surface area contributed by atoms with Crippen LogP contribution in [-0.4, -0.2) is 12.8 Å². The van der Waals surface area contributed by atoms with Gasteiger partial charge in [-0.15, -0.1) is 0 Å². The summed E-state index contributed by atoms with van der Waals surface area (Å²) in [4.78, 5) is 11.3. The molecule has 3 heteroatoms. The first-order valence-electron chi connectivity index (χ1n) is 5.70. The molecule has 0 radical (unpaired) electrons. The molecule has 0 aliphatic carbocycles. The van der Waals surface area contributed by atoms with Crippen molar-refractivity contribution in [2.45, 2.75) is 33.1 Å².